The minimum absolute atomic E-state index is 0.592. The van der Waals surface area contributed by atoms with Crippen molar-refractivity contribution in [3.05, 3.63) is 52.4 Å². The van der Waals surface area contributed by atoms with E-state index in [-0.39, 0.29) is 0 Å². The molecule has 22 heavy (non-hydrogen) atoms. The summed E-state index contributed by atoms with van der Waals surface area (Å²) in [5.41, 5.74) is 4.15. The van der Waals surface area contributed by atoms with Crippen molar-refractivity contribution >= 4 is 39.9 Å². The molecule has 0 radical (unpaired) electrons. The topological polar surface area (TPSA) is 41.1 Å². The SMILES string of the molecule is CC1=C(c2ccnc(Nc3ccc(Cl)c(C)c3)n2)SCN1C. The molecule has 0 unspecified atom stereocenters. The Morgan fingerprint density at radius 3 is 2.77 bits per heavy atom. The van der Waals surface area contributed by atoms with Crippen molar-refractivity contribution in [2.24, 2.45) is 0 Å². The molecule has 2 heterocycles. The van der Waals surface area contributed by atoms with Gasteiger partial charge in [-0.3, -0.25) is 0 Å². The van der Waals surface area contributed by atoms with Gasteiger partial charge in [0.05, 0.1) is 16.5 Å². The Labute approximate surface area is 139 Å². The molecule has 1 aliphatic heterocycles. The second kappa shape index (κ2) is 6.18. The fourth-order valence-electron chi connectivity index (χ4n) is 2.19. The number of nitrogens with zero attached hydrogens (tertiary/aromatic N) is 3. The molecule has 3 rings (SSSR count). The molecule has 0 bridgehead atoms. The van der Waals surface area contributed by atoms with E-state index in [0.717, 1.165) is 27.8 Å². The quantitative estimate of drug-likeness (QED) is 0.895. The van der Waals surface area contributed by atoms with Crippen molar-refractivity contribution in [3.63, 3.8) is 0 Å². The number of halogens is 1. The third-order valence-electron chi connectivity index (χ3n) is 3.61. The molecule has 0 spiro atoms. The average Bonchev–Trinajstić information content (AvgIpc) is 2.83. The standard InChI is InChI=1S/C16H17ClN4S/c1-10-8-12(4-5-13(10)17)19-16-18-7-6-14(20-16)15-11(2)21(3)9-22-15/h4-8H,9H2,1-3H3,(H,18,19,20). The van der Waals surface area contributed by atoms with E-state index in [4.69, 9.17) is 11.6 Å². The minimum atomic E-state index is 0.592. The molecular weight excluding hydrogens is 316 g/mol. The highest BCUT2D eigenvalue weighted by atomic mass is 35.5. The van der Waals surface area contributed by atoms with E-state index in [1.165, 1.54) is 10.6 Å². The third-order valence-corrected chi connectivity index (χ3v) is 5.34. The highest BCUT2D eigenvalue weighted by Gasteiger charge is 2.19. The summed E-state index contributed by atoms with van der Waals surface area (Å²) < 4.78 is 0. The summed E-state index contributed by atoms with van der Waals surface area (Å²) in [5.74, 6) is 1.55. The van der Waals surface area contributed by atoms with Crippen molar-refractivity contribution < 1.29 is 0 Å². The number of hydrogen-bond acceptors (Lipinski definition) is 5. The molecule has 0 fully saturated rings. The molecule has 0 amide bonds. The second-order valence-electron chi connectivity index (χ2n) is 5.24. The largest absolute Gasteiger partial charge is 0.368 e. The number of anilines is 2. The van der Waals surface area contributed by atoms with Crippen LogP contribution >= 0.6 is 23.4 Å². The second-order valence-corrected chi connectivity index (χ2v) is 6.60. The van der Waals surface area contributed by atoms with Crippen LogP contribution in [0, 0.1) is 6.92 Å². The Balaban J connectivity index is 1.87. The van der Waals surface area contributed by atoms with Crippen LogP contribution in [-0.2, 0) is 0 Å². The maximum absolute atomic E-state index is 6.05. The van der Waals surface area contributed by atoms with Gasteiger partial charge in [0.1, 0.15) is 0 Å². The predicted octanol–water partition coefficient (Wildman–Crippen LogP) is 4.51. The Morgan fingerprint density at radius 2 is 2.09 bits per heavy atom. The van der Waals surface area contributed by atoms with E-state index in [0.29, 0.717) is 5.95 Å². The molecule has 0 atom stereocenters. The van der Waals surface area contributed by atoms with Gasteiger partial charge < -0.3 is 10.2 Å². The highest BCUT2D eigenvalue weighted by molar-refractivity contribution is 8.08. The normalized spacial score (nSPS) is 14.6. The van der Waals surface area contributed by atoms with E-state index in [2.05, 4.69) is 34.2 Å². The van der Waals surface area contributed by atoms with E-state index < -0.39 is 0 Å². The van der Waals surface area contributed by atoms with E-state index in [9.17, 15) is 0 Å². The Kier molecular flexibility index (Phi) is 4.27. The molecule has 6 heteroatoms. The van der Waals surface area contributed by atoms with Crippen molar-refractivity contribution in [1.29, 1.82) is 0 Å². The van der Waals surface area contributed by atoms with Crippen LogP contribution < -0.4 is 5.32 Å². The van der Waals surface area contributed by atoms with E-state index in [1.54, 1.807) is 18.0 Å². The van der Waals surface area contributed by atoms with Crippen molar-refractivity contribution in [3.8, 4) is 0 Å². The van der Waals surface area contributed by atoms with Gasteiger partial charge in [-0.2, -0.15) is 0 Å². The smallest absolute Gasteiger partial charge is 0.227 e. The molecule has 4 nitrogen and oxygen atoms in total. The molecular formula is C16H17ClN4S. The summed E-state index contributed by atoms with van der Waals surface area (Å²) in [7, 11) is 2.09. The first-order valence-corrected chi connectivity index (χ1v) is 8.32. The fourth-order valence-corrected chi connectivity index (χ4v) is 3.45. The number of nitrogens with one attached hydrogen (secondary N) is 1. The maximum Gasteiger partial charge on any atom is 0.227 e. The van der Waals surface area contributed by atoms with Crippen molar-refractivity contribution in [2.75, 3.05) is 18.2 Å². The Bertz CT molecular complexity index is 745. The molecule has 1 aliphatic rings. The summed E-state index contributed by atoms with van der Waals surface area (Å²) in [4.78, 5) is 12.4. The van der Waals surface area contributed by atoms with Gasteiger partial charge in [-0.25, -0.2) is 9.97 Å². The molecule has 114 valence electrons. The number of benzene rings is 1. The molecule has 1 N–H and O–H groups in total. The lowest BCUT2D eigenvalue weighted by molar-refractivity contribution is 0.506. The minimum Gasteiger partial charge on any atom is -0.368 e. The van der Waals surface area contributed by atoms with Crippen LogP contribution in [-0.4, -0.2) is 27.8 Å². The zero-order chi connectivity index (χ0) is 15.7. The lowest BCUT2D eigenvalue weighted by atomic mass is 10.2. The van der Waals surface area contributed by atoms with Crippen LogP contribution in [0.4, 0.5) is 11.6 Å². The van der Waals surface area contributed by atoms with E-state index >= 15 is 0 Å². The van der Waals surface area contributed by atoms with Gasteiger partial charge in [0, 0.05) is 29.7 Å². The zero-order valence-electron chi connectivity index (χ0n) is 12.7. The number of thioether (sulfide) groups is 1. The first kappa shape index (κ1) is 15.2. The van der Waals surface area contributed by atoms with Crippen LogP contribution in [0.15, 0.2) is 36.2 Å². The Hall–Kier alpha value is -1.72. The van der Waals surface area contributed by atoms with Gasteiger partial charge in [-0.05, 0) is 43.7 Å². The van der Waals surface area contributed by atoms with Gasteiger partial charge in [-0.15, -0.1) is 11.8 Å². The van der Waals surface area contributed by atoms with E-state index in [1.807, 2.05) is 31.2 Å². The average molecular weight is 333 g/mol. The predicted molar refractivity (Wildman–Crippen MR) is 94.3 cm³/mol. The van der Waals surface area contributed by atoms with Crippen molar-refractivity contribution in [2.45, 2.75) is 13.8 Å². The summed E-state index contributed by atoms with van der Waals surface area (Å²) >= 11 is 7.85. The Morgan fingerprint density at radius 1 is 1.27 bits per heavy atom. The summed E-state index contributed by atoms with van der Waals surface area (Å²) in [6.07, 6.45) is 1.78. The molecule has 1 aromatic carbocycles. The number of aromatic nitrogens is 2. The lowest BCUT2D eigenvalue weighted by Gasteiger charge is -2.10. The summed E-state index contributed by atoms with van der Waals surface area (Å²) in [6.45, 7) is 4.09. The van der Waals surface area contributed by atoms with Gasteiger partial charge in [0.25, 0.3) is 0 Å². The van der Waals surface area contributed by atoms with Crippen LogP contribution in [0.25, 0.3) is 4.91 Å². The summed E-state index contributed by atoms with van der Waals surface area (Å²) in [5, 5.41) is 3.99. The van der Waals surface area contributed by atoms with Gasteiger partial charge in [0.2, 0.25) is 5.95 Å². The third kappa shape index (κ3) is 3.05. The number of aryl methyl sites for hydroxylation is 1. The molecule has 0 aliphatic carbocycles. The lowest BCUT2D eigenvalue weighted by Crippen LogP contribution is -2.09. The first-order valence-electron chi connectivity index (χ1n) is 6.96. The van der Waals surface area contributed by atoms with Crippen LogP contribution in [0.5, 0.6) is 0 Å². The number of allylic oxidation sites excluding steroid dienone is 1. The van der Waals surface area contributed by atoms with Crippen LogP contribution in [0.1, 0.15) is 18.2 Å². The number of rotatable bonds is 3. The first-order chi connectivity index (χ1) is 10.5. The van der Waals surface area contributed by atoms with Crippen molar-refractivity contribution in [1.82, 2.24) is 14.9 Å². The molecule has 0 saturated carbocycles. The summed E-state index contributed by atoms with van der Waals surface area (Å²) in [6, 6.07) is 7.73. The highest BCUT2D eigenvalue weighted by Crippen LogP contribution is 2.37. The molecule has 2 aromatic rings. The van der Waals surface area contributed by atoms with Gasteiger partial charge >= 0.3 is 0 Å². The monoisotopic (exact) mass is 332 g/mol. The maximum atomic E-state index is 6.05. The van der Waals surface area contributed by atoms with Crippen LogP contribution in [0.3, 0.4) is 0 Å². The number of hydrogen-bond donors (Lipinski definition) is 1. The van der Waals surface area contributed by atoms with Crippen LogP contribution in [0.2, 0.25) is 5.02 Å². The zero-order valence-corrected chi connectivity index (χ0v) is 14.3. The molecule has 1 aromatic heterocycles. The molecule has 0 saturated heterocycles. The van der Waals surface area contributed by atoms with Gasteiger partial charge in [0.15, 0.2) is 0 Å². The van der Waals surface area contributed by atoms with Gasteiger partial charge in [-0.1, -0.05) is 11.6 Å². The fraction of sp³-hybridized carbons (Fsp3) is 0.250.